The highest BCUT2D eigenvalue weighted by atomic mass is 19.3. The lowest BCUT2D eigenvalue weighted by Gasteiger charge is -2.24. The Labute approximate surface area is 259 Å². The predicted octanol–water partition coefficient (Wildman–Crippen LogP) is 6.92. The van der Waals surface area contributed by atoms with E-state index in [1.54, 1.807) is 18.6 Å². The number of pyridine rings is 2. The van der Waals surface area contributed by atoms with Gasteiger partial charge in [-0.25, -0.2) is 17.6 Å². The van der Waals surface area contributed by atoms with E-state index in [0.29, 0.717) is 28.0 Å². The molecule has 4 aromatic rings. The van der Waals surface area contributed by atoms with Crippen molar-refractivity contribution < 1.29 is 31.1 Å². The first kappa shape index (κ1) is 30.1. The van der Waals surface area contributed by atoms with Crippen LogP contribution in [0.3, 0.4) is 0 Å². The monoisotopic (exact) mass is 638 g/mol. The molecular formula is C33H28F6N6O. The summed E-state index contributed by atoms with van der Waals surface area (Å²) in [6.45, 7) is 3.62. The van der Waals surface area contributed by atoms with Crippen LogP contribution in [0.1, 0.15) is 89.6 Å². The standard InChI is InChI=1S/C33H28F6N6O/c1-15(2)24-4-3-17(11-41-24)27-22-13-40-10-18(22)12-42-29(27)25(7-16-5-19(34)8-20(35)6-16)43-26(46)14-45-31-28(30(44-45)32(36)37)21-9-23(21)33(31,38)39/h3-6,8,11-13,15,21,23,25,32H,7,9-10,14H2,1-2H3,(H,43,46)/t21-,23?,25?/m0/s1. The van der Waals surface area contributed by atoms with Crippen LogP contribution in [-0.2, 0) is 30.2 Å². The van der Waals surface area contributed by atoms with Gasteiger partial charge in [0.1, 0.15) is 29.6 Å². The maximum absolute atomic E-state index is 15.2. The van der Waals surface area contributed by atoms with Crippen LogP contribution in [-0.4, -0.2) is 31.9 Å². The molecular weight excluding hydrogens is 610 g/mol. The van der Waals surface area contributed by atoms with Gasteiger partial charge >= 0.3 is 0 Å². The number of nitrogens with zero attached hydrogens (tertiary/aromatic N) is 5. The first-order valence-electron chi connectivity index (χ1n) is 14.9. The molecule has 238 valence electrons. The van der Waals surface area contributed by atoms with E-state index >= 15 is 8.78 Å². The number of rotatable bonds is 9. The van der Waals surface area contributed by atoms with Crippen LogP contribution in [0.5, 0.6) is 0 Å². The van der Waals surface area contributed by atoms with E-state index in [2.05, 4.69) is 25.4 Å². The van der Waals surface area contributed by atoms with Gasteiger partial charge in [-0.2, -0.15) is 13.9 Å². The summed E-state index contributed by atoms with van der Waals surface area (Å²) in [7, 11) is 0. The molecule has 0 radical (unpaired) electrons. The number of hydrogen-bond donors (Lipinski definition) is 1. The first-order chi connectivity index (χ1) is 21.9. The molecule has 0 bridgehead atoms. The number of aromatic nitrogens is 4. The van der Waals surface area contributed by atoms with Gasteiger partial charge in [0.25, 0.3) is 12.3 Å². The molecule has 0 saturated heterocycles. The minimum Gasteiger partial charge on any atom is -0.346 e. The van der Waals surface area contributed by atoms with E-state index in [9.17, 15) is 22.4 Å². The molecule has 3 atom stereocenters. The Balaban J connectivity index is 1.29. The van der Waals surface area contributed by atoms with Crippen molar-refractivity contribution in [3.05, 3.63) is 99.4 Å². The highest BCUT2D eigenvalue weighted by molar-refractivity contribution is 5.95. The fraction of sp³-hybridized carbons (Fsp3) is 0.364. The molecule has 4 heterocycles. The second kappa shape index (κ2) is 11.1. The molecule has 2 unspecified atom stereocenters. The normalized spacial score (nSPS) is 19.3. The number of benzene rings is 1. The molecule has 3 aromatic heterocycles. The quantitative estimate of drug-likeness (QED) is 0.202. The molecule has 1 aliphatic heterocycles. The second-order valence-corrected chi connectivity index (χ2v) is 12.3. The van der Waals surface area contributed by atoms with Gasteiger partial charge in [0, 0.05) is 64.1 Å². The lowest BCUT2D eigenvalue weighted by Crippen LogP contribution is -2.35. The Kier molecular flexibility index (Phi) is 7.24. The summed E-state index contributed by atoms with van der Waals surface area (Å²) in [5, 5.41) is 6.53. The van der Waals surface area contributed by atoms with E-state index in [1.165, 1.54) is 0 Å². The zero-order valence-electron chi connectivity index (χ0n) is 24.7. The molecule has 1 N–H and O–H groups in total. The van der Waals surface area contributed by atoms with Crippen molar-refractivity contribution in [1.82, 2.24) is 25.1 Å². The van der Waals surface area contributed by atoms with Gasteiger partial charge in [0.05, 0.1) is 18.3 Å². The third-order valence-electron chi connectivity index (χ3n) is 8.87. The van der Waals surface area contributed by atoms with E-state index in [4.69, 9.17) is 0 Å². The topological polar surface area (TPSA) is 85.1 Å². The fourth-order valence-corrected chi connectivity index (χ4v) is 6.69. The highest BCUT2D eigenvalue weighted by Gasteiger charge is 2.67. The molecule has 1 saturated carbocycles. The molecule has 46 heavy (non-hydrogen) atoms. The van der Waals surface area contributed by atoms with Gasteiger partial charge in [0.2, 0.25) is 5.91 Å². The summed E-state index contributed by atoms with van der Waals surface area (Å²) < 4.78 is 87.1. The van der Waals surface area contributed by atoms with Crippen LogP contribution in [0.25, 0.3) is 11.1 Å². The predicted molar refractivity (Wildman–Crippen MR) is 156 cm³/mol. The second-order valence-electron chi connectivity index (χ2n) is 12.3. The Morgan fingerprint density at radius 1 is 1.07 bits per heavy atom. The third-order valence-corrected chi connectivity index (χ3v) is 8.87. The largest absolute Gasteiger partial charge is 0.346 e. The number of aliphatic imine (C=N–C) groups is 1. The Morgan fingerprint density at radius 3 is 2.50 bits per heavy atom. The number of alkyl halides is 4. The fourth-order valence-electron chi connectivity index (χ4n) is 6.69. The van der Waals surface area contributed by atoms with Crippen LogP contribution < -0.4 is 5.32 Å². The Morgan fingerprint density at radius 2 is 1.83 bits per heavy atom. The maximum atomic E-state index is 15.2. The smallest absolute Gasteiger partial charge is 0.293 e. The van der Waals surface area contributed by atoms with Crippen molar-refractivity contribution in [2.75, 3.05) is 0 Å². The number of halogens is 6. The van der Waals surface area contributed by atoms with Gasteiger partial charge in [0.15, 0.2) is 0 Å². The number of hydrogen-bond acceptors (Lipinski definition) is 5. The number of carbonyl (C=O) groups is 1. The average molecular weight is 639 g/mol. The molecule has 1 aromatic carbocycles. The van der Waals surface area contributed by atoms with Gasteiger partial charge in [-0.05, 0) is 48.4 Å². The SMILES string of the molecule is CC(C)c1ccc(-c2c(C(Cc3cc(F)cc(F)c3)NC(=O)Cn3nc(C(F)F)c4c3C(F)(F)C3C[C@H]43)ncc3c2C=NC3)cn1. The zero-order valence-corrected chi connectivity index (χ0v) is 24.7. The van der Waals surface area contributed by atoms with Crippen molar-refractivity contribution in [3.8, 4) is 11.1 Å². The Bertz CT molecular complexity index is 1870. The van der Waals surface area contributed by atoms with Crippen LogP contribution in [0.4, 0.5) is 26.3 Å². The van der Waals surface area contributed by atoms with Crippen LogP contribution in [0.2, 0.25) is 0 Å². The van der Waals surface area contributed by atoms with Crippen molar-refractivity contribution in [3.63, 3.8) is 0 Å². The summed E-state index contributed by atoms with van der Waals surface area (Å²) in [5.41, 5.74) is 2.61. The minimum atomic E-state index is -3.40. The average Bonchev–Trinajstić information content (AvgIpc) is 3.38. The first-order valence-corrected chi connectivity index (χ1v) is 14.9. The number of fused-ring (bicyclic) bond motifs is 4. The van der Waals surface area contributed by atoms with E-state index in [1.807, 2.05) is 26.0 Å². The molecule has 1 amide bonds. The van der Waals surface area contributed by atoms with Crippen LogP contribution in [0, 0.1) is 17.6 Å². The molecule has 1 fully saturated rings. The number of nitrogens with one attached hydrogen (secondary N) is 1. The van der Waals surface area contributed by atoms with Crippen molar-refractivity contribution in [2.45, 2.75) is 70.0 Å². The van der Waals surface area contributed by atoms with Crippen LogP contribution in [0.15, 0.2) is 47.7 Å². The molecule has 13 heteroatoms. The lowest BCUT2D eigenvalue weighted by molar-refractivity contribution is -0.123. The molecule has 3 aliphatic rings. The van der Waals surface area contributed by atoms with E-state index in [0.717, 1.165) is 35.0 Å². The van der Waals surface area contributed by atoms with E-state index in [-0.39, 0.29) is 29.9 Å². The summed E-state index contributed by atoms with van der Waals surface area (Å²) in [4.78, 5) is 27.2. The molecule has 0 spiro atoms. The van der Waals surface area contributed by atoms with Gasteiger partial charge < -0.3 is 5.32 Å². The minimum absolute atomic E-state index is 0.0902. The lowest BCUT2D eigenvalue weighted by atomic mass is 9.91. The summed E-state index contributed by atoms with van der Waals surface area (Å²) in [6.07, 6.45) is 1.83. The molecule has 2 aliphatic carbocycles. The summed E-state index contributed by atoms with van der Waals surface area (Å²) in [6, 6.07) is 5.67. The van der Waals surface area contributed by atoms with Gasteiger partial charge in [-0.1, -0.05) is 19.9 Å². The summed E-state index contributed by atoms with van der Waals surface area (Å²) >= 11 is 0. The number of carbonyl (C=O) groups excluding carboxylic acids is 1. The third kappa shape index (κ3) is 5.15. The van der Waals surface area contributed by atoms with Crippen molar-refractivity contribution in [2.24, 2.45) is 10.9 Å². The summed E-state index contributed by atoms with van der Waals surface area (Å²) in [5.74, 6) is -7.50. The van der Waals surface area contributed by atoms with Gasteiger partial charge in [-0.3, -0.25) is 24.4 Å². The van der Waals surface area contributed by atoms with Gasteiger partial charge in [-0.15, -0.1) is 0 Å². The van der Waals surface area contributed by atoms with Crippen molar-refractivity contribution in [1.29, 1.82) is 0 Å². The maximum Gasteiger partial charge on any atom is 0.293 e. The molecule has 7 rings (SSSR count). The van der Waals surface area contributed by atoms with Crippen LogP contribution >= 0.6 is 0 Å². The number of amides is 1. The van der Waals surface area contributed by atoms with Crippen molar-refractivity contribution >= 4 is 12.1 Å². The highest BCUT2D eigenvalue weighted by Crippen LogP contribution is 2.68. The van der Waals surface area contributed by atoms with E-state index < -0.39 is 65.7 Å². The Hall–Kier alpha value is -4.55. The zero-order chi connectivity index (χ0) is 32.5. The molecule has 7 nitrogen and oxygen atoms in total.